The lowest BCUT2D eigenvalue weighted by Crippen LogP contribution is -2.41. The van der Waals surface area contributed by atoms with Crippen LogP contribution in [0.5, 0.6) is 0 Å². The van der Waals surface area contributed by atoms with Crippen LogP contribution in [0.15, 0.2) is 23.2 Å². The van der Waals surface area contributed by atoms with Crippen LogP contribution >= 0.6 is 0 Å². The van der Waals surface area contributed by atoms with Gasteiger partial charge in [0.1, 0.15) is 11.6 Å². The SMILES string of the molecule is CN=C(NCCc1cc(F)ccc1F)N1CCC(COC)C1. The van der Waals surface area contributed by atoms with Crippen LogP contribution in [0.1, 0.15) is 12.0 Å². The Labute approximate surface area is 130 Å². The molecule has 1 atom stereocenters. The van der Waals surface area contributed by atoms with Crippen LogP contribution in [-0.2, 0) is 11.2 Å². The number of ether oxygens (including phenoxy) is 1. The fourth-order valence-electron chi connectivity index (χ4n) is 2.77. The average molecular weight is 311 g/mol. The zero-order valence-corrected chi connectivity index (χ0v) is 13.1. The van der Waals surface area contributed by atoms with Gasteiger partial charge in [-0.1, -0.05) is 0 Å². The first-order valence-electron chi connectivity index (χ1n) is 7.52. The molecule has 1 heterocycles. The number of guanidine groups is 1. The molecular formula is C16H23F2N3O. The highest BCUT2D eigenvalue weighted by molar-refractivity contribution is 5.80. The first kappa shape index (κ1) is 16.7. The average Bonchev–Trinajstić information content (AvgIpc) is 2.96. The third-order valence-electron chi connectivity index (χ3n) is 3.88. The van der Waals surface area contributed by atoms with E-state index in [1.54, 1.807) is 14.2 Å². The van der Waals surface area contributed by atoms with Gasteiger partial charge in [-0.25, -0.2) is 8.78 Å². The molecule has 1 aliphatic rings. The predicted molar refractivity (Wildman–Crippen MR) is 83.0 cm³/mol. The number of likely N-dealkylation sites (tertiary alicyclic amines) is 1. The highest BCUT2D eigenvalue weighted by Gasteiger charge is 2.24. The summed E-state index contributed by atoms with van der Waals surface area (Å²) in [6.45, 7) is 3.10. The molecule has 1 aromatic carbocycles. The maximum absolute atomic E-state index is 13.6. The van der Waals surface area contributed by atoms with Crippen molar-refractivity contribution in [2.75, 3.05) is 40.4 Å². The van der Waals surface area contributed by atoms with Gasteiger partial charge in [0.05, 0.1) is 6.61 Å². The van der Waals surface area contributed by atoms with Crippen LogP contribution in [0.3, 0.4) is 0 Å². The van der Waals surface area contributed by atoms with E-state index in [1.807, 2.05) is 0 Å². The van der Waals surface area contributed by atoms with Gasteiger partial charge < -0.3 is 15.0 Å². The van der Waals surface area contributed by atoms with Crippen molar-refractivity contribution in [2.24, 2.45) is 10.9 Å². The molecule has 1 N–H and O–H groups in total. The Balaban J connectivity index is 1.83. The molecule has 122 valence electrons. The quantitative estimate of drug-likeness (QED) is 0.668. The van der Waals surface area contributed by atoms with Crippen molar-refractivity contribution in [3.8, 4) is 0 Å². The van der Waals surface area contributed by atoms with Gasteiger partial charge in [0.15, 0.2) is 5.96 Å². The Morgan fingerprint density at radius 3 is 3.00 bits per heavy atom. The third kappa shape index (κ3) is 4.40. The van der Waals surface area contributed by atoms with Gasteiger partial charge in [-0.05, 0) is 36.6 Å². The molecule has 0 saturated carbocycles. The van der Waals surface area contributed by atoms with Crippen molar-refractivity contribution < 1.29 is 13.5 Å². The third-order valence-corrected chi connectivity index (χ3v) is 3.88. The lowest BCUT2D eigenvalue weighted by molar-refractivity contribution is 0.157. The zero-order chi connectivity index (χ0) is 15.9. The van der Waals surface area contributed by atoms with Crippen LogP contribution < -0.4 is 5.32 Å². The van der Waals surface area contributed by atoms with E-state index in [9.17, 15) is 8.78 Å². The Morgan fingerprint density at radius 1 is 1.45 bits per heavy atom. The molecule has 1 fully saturated rings. The van der Waals surface area contributed by atoms with Crippen molar-refractivity contribution in [3.63, 3.8) is 0 Å². The van der Waals surface area contributed by atoms with Gasteiger partial charge in [-0.15, -0.1) is 0 Å². The number of aliphatic imine (C=N–C) groups is 1. The summed E-state index contributed by atoms with van der Waals surface area (Å²) < 4.78 is 31.9. The van der Waals surface area contributed by atoms with E-state index in [0.29, 0.717) is 24.4 Å². The van der Waals surface area contributed by atoms with Crippen molar-refractivity contribution in [1.29, 1.82) is 0 Å². The molecule has 4 nitrogen and oxygen atoms in total. The number of nitrogens with one attached hydrogen (secondary N) is 1. The predicted octanol–water partition coefficient (Wildman–Crippen LogP) is 2.05. The van der Waals surface area contributed by atoms with Crippen LogP contribution in [0.4, 0.5) is 8.78 Å². The Kier molecular flexibility index (Phi) is 6.12. The van der Waals surface area contributed by atoms with Crippen molar-refractivity contribution in [1.82, 2.24) is 10.2 Å². The van der Waals surface area contributed by atoms with Crippen LogP contribution in [0.25, 0.3) is 0 Å². The highest BCUT2D eigenvalue weighted by Crippen LogP contribution is 2.16. The second kappa shape index (κ2) is 8.08. The van der Waals surface area contributed by atoms with E-state index in [1.165, 1.54) is 6.07 Å². The van der Waals surface area contributed by atoms with Gasteiger partial charge in [0.2, 0.25) is 0 Å². The molecule has 22 heavy (non-hydrogen) atoms. The molecule has 1 aliphatic heterocycles. The van der Waals surface area contributed by atoms with Crippen LogP contribution in [0.2, 0.25) is 0 Å². The number of benzene rings is 1. The number of methoxy groups -OCH3 is 1. The largest absolute Gasteiger partial charge is 0.384 e. The summed E-state index contributed by atoms with van der Waals surface area (Å²) in [6.07, 6.45) is 1.49. The minimum atomic E-state index is -0.414. The maximum atomic E-state index is 13.6. The molecule has 0 spiro atoms. The fraction of sp³-hybridized carbons (Fsp3) is 0.562. The summed E-state index contributed by atoms with van der Waals surface area (Å²) >= 11 is 0. The topological polar surface area (TPSA) is 36.9 Å². The van der Waals surface area contributed by atoms with Crippen molar-refractivity contribution in [2.45, 2.75) is 12.8 Å². The fourth-order valence-corrected chi connectivity index (χ4v) is 2.77. The second-order valence-electron chi connectivity index (χ2n) is 5.52. The first-order valence-corrected chi connectivity index (χ1v) is 7.52. The number of nitrogens with zero attached hydrogens (tertiary/aromatic N) is 2. The molecule has 2 rings (SSSR count). The van der Waals surface area contributed by atoms with Crippen LogP contribution in [-0.4, -0.2) is 51.3 Å². The minimum absolute atomic E-state index is 0.375. The lowest BCUT2D eigenvalue weighted by Gasteiger charge is -2.21. The highest BCUT2D eigenvalue weighted by atomic mass is 19.1. The lowest BCUT2D eigenvalue weighted by atomic mass is 10.1. The van der Waals surface area contributed by atoms with E-state index in [-0.39, 0.29) is 5.82 Å². The minimum Gasteiger partial charge on any atom is -0.384 e. The molecule has 0 aromatic heterocycles. The van der Waals surface area contributed by atoms with E-state index in [2.05, 4.69) is 15.2 Å². The molecule has 1 aromatic rings. The van der Waals surface area contributed by atoms with E-state index >= 15 is 0 Å². The number of hydrogen-bond acceptors (Lipinski definition) is 2. The van der Waals surface area contributed by atoms with E-state index < -0.39 is 5.82 Å². The molecule has 0 radical (unpaired) electrons. The summed E-state index contributed by atoms with van der Waals surface area (Å²) in [5.74, 6) is 0.530. The molecular weight excluding hydrogens is 288 g/mol. The second-order valence-corrected chi connectivity index (χ2v) is 5.52. The van der Waals surface area contributed by atoms with Gasteiger partial charge in [0, 0.05) is 39.7 Å². The van der Waals surface area contributed by atoms with E-state index in [4.69, 9.17) is 4.74 Å². The number of halogens is 2. The summed E-state index contributed by atoms with van der Waals surface area (Å²) in [6, 6.07) is 3.53. The molecule has 0 bridgehead atoms. The molecule has 1 saturated heterocycles. The molecule has 1 unspecified atom stereocenters. The van der Waals surface area contributed by atoms with Gasteiger partial charge in [0.25, 0.3) is 0 Å². The summed E-state index contributed by atoms with van der Waals surface area (Å²) in [7, 11) is 3.44. The van der Waals surface area contributed by atoms with Gasteiger partial charge in [-0.3, -0.25) is 4.99 Å². The summed E-state index contributed by atoms with van der Waals surface area (Å²) in [5.41, 5.74) is 0.377. The Bertz CT molecular complexity index is 522. The number of hydrogen-bond donors (Lipinski definition) is 1. The number of rotatable bonds is 5. The standard InChI is InChI=1S/C16H23F2N3O/c1-19-16(21-8-6-12(10-21)11-22-2)20-7-5-13-9-14(17)3-4-15(13)18/h3-4,9,12H,5-8,10-11H2,1-2H3,(H,19,20). The van der Waals surface area contributed by atoms with Gasteiger partial charge >= 0.3 is 0 Å². The maximum Gasteiger partial charge on any atom is 0.193 e. The normalized spacial score (nSPS) is 18.8. The monoisotopic (exact) mass is 311 g/mol. The smallest absolute Gasteiger partial charge is 0.193 e. The Hall–Kier alpha value is -1.69. The van der Waals surface area contributed by atoms with E-state index in [0.717, 1.165) is 44.2 Å². The van der Waals surface area contributed by atoms with Crippen molar-refractivity contribution in [3.05, 3.63) is 35.4 Å². The molecule has 6 heteroatoms. The molecule has 0 amide bonds. The van der Waals surface area contributed by atoms with Gasteiger partial charge in [-0.2, -0.15) is 0 Å². The summed E-state index contributed by atoms with van der Waals surface area (Å²) in [5, 5.41) is 3.22. The van der Waals surface area contributed by atoms with Crippen molar-refractivity contribution >= 4 is 5.96 Å². The summed E-state index contributed by atoms with van der Waals surface area (Å²) in [4.78, 5) is 6.43. The zero-order valence-electron chi connectivity index (χ0n) is 13.1. The Morgan fingerprint density at radius 2 is 2.27 bits per heavy atom. The molecule has 0 aliphatic carbocycles. The van der Waals surface area contributed by atoms with Crippen LogP contribution in [0, 0.1) is 17.6 Å². The first-order chi connectivity index (χ1) is 10.6.